The van der Waals surface area contributed by atoms with E-state index in [1.165, 1.54) is 17.4 Å². The maximum atomic E-state index is 12.8. The average Bonchev–Trinajstić information content (AvgIpc) is 3.57. The molecule has 0 bridgehead atoms. The highest BCUT2D eigenvalue weighted by Gasteiger charge is 2.24. The molecule has 2 amide bonds. The lowest BCUT2D eigenvalue weighted by Crippen LogP contribution is -2.44. The van der Waals surface area contributed by atoms with E-state index in [0.717, 1.165) is 29.6 Å². The molecule has 0 radical (unpaired) electrons. The van der Waals surface area contributed by atoms with Crippen LogP contribution >= 0.6 is 11.3 Å². The number of para-hydroxylation sites is 1. The average molecular weight is 540 g/mol. The first-order chi connectivity index (χ1) is 19.1. The van der Waals surface area contributed by atoms with Crippen molar-refractivity contribution in [3.8, 4) is 11.5 Å². The number of hydrogen-bond donors (Lipinski definition) is 3. The summed E-state index contributed by atoms with van der Waals surface area (Å²) in [4.78, 5) is 35.5. The maximum Gasteiger partial charge on any atom is 0.257 e. The molecular weight excluding hydrogens is 514 g/mol. The maximum absolute atomic E-state index is 12.8. The van der Waals surface area contributed by atoms with Crippen molar-refractivity contribution in [2.24, 2.45) is 0 Å². The van der Waals surface area contributed by atoms with E-state index >= 15 is 0 Å². The zero-order valence-electron chi connectivity index (χ0n) is 20.9. The van der Waals surface area contributed by atoms with Gasteiger partial charge in [-0.15, -0.1) is 0 Å². The van der Waals surface area contributed by atoms with Crippen molar-refractivity contribution in [2.75, 3.05) is 23.7 Å². The summed E-state index contributed by atoms with van der Waals surface area (Å²) in [6.45, 7) is 4.88. The first kappa shape index (κ1) is 24.6. The van der Waals surface area contributed by atoms with Crippen LogP contribution in [0.15, 0.2) is 73.4 Å². The second kappa shape index (κ2) is 10.5. The van der Waals surface area contributed by atoms with Crippen molar-refractivity contribution < 1.29 is 14.3 Å². The number of aromatic amines is 1. The number of carbonyl (C=O) groups excluding carboxylic acids is 2. The number of thiazole rings is 1. The van der Waals surface area contributed by atoms with E-state index in [1.54, 1.807) is 41.4 Å². The van der Waals surface area contributed by atoms with Gasteiger partial charge in [0.2, 0.25) is 5.91 Å². The van der Waals surface area contributed by atoms with Crippen LogP contribution in [0.4, 0.5) is 10.9 Å². The van der Waals surface area contributed by atoms with Crippen LogP contribution in [0.5, 0.6) is 11.5 Å². The van der Waals surface area contributed by atoms with Crippen LogP contribution in [-0.2, 0) is 4.79 Å². The van der Waals surface area contributed by atoms with Crippen LogP contribution in [-0.4, -0.2) is 56.0 Å². The highest BCUT2D eigenvalue weighted by molar-refractivity contribution is 7.22. The normalized spacial score (nSPS) is 15.3. The van der Waals surface area contributed by atoms with Gasteiger partial charge in [0.1, 0.15) is 16.9 Å². The lowest BCUT2D eigenvalue weighted by Gasteiger charge is -2.32. The van der Waals surface area contributed by atoms with Crippen LogP contribution in [0.1, 0.15) is 23.2 Å². The van der Waals surface area contributed by atoms with Gasteiger partial charge in [0.15, 0.2) is 16.6 Å². The minimum absolute atomic E-state index is 0.0374. The fraction of sp³-hybridized carbons (Fsp3) is 0.179. The molecule has 1 aliphatic heterocycles. The summed E-state index contributed by atoms with van der Waals surface area (Å²) in [5.74, 6) is 1.42. The standard InChI is InChI=1S/C28H25N7O3S/c1-2-23(36)35-15-5-6-18(16-35)30-26-24-21(13-14-29-25(24)33-34-26)38-19-11-9-17(10-12-19)27(37)32-28-31-20-7-3-4-8-22(20)39-28/h2-4,7-14,18H,1,5-6,15-16H2,(H,31,32,37)(H2,29,30,33,34)/t18-/m1/s1. The highest BCUT2D eigenvalue weighted by Crippen LogP contribution is 2.34. The number of rotatable bonds is 7. The second-order valence-electron chi connectivity index (χ2n) is 9.14. The molecule has 1 aliphatic rings. The Morgan fingerprint density at radius 3 is 2.82 bits per heavy atom. The number of benzene rings is 2. The molecule has 196 valence electrons. The highest BCUT2D eigenvalue weighted by atomic mass is 32.1. The molecule has 0 unspecified atom stereocenters. The van der Waals surface area contributed by atoms with Gasteiger partial charge >= 0.3 is 0 Å². The van der Waals surface area contributed by atoms with Crippen molar-refractivity contribution in [1.82, 2.24) is 25.1 Å². The van der Waals surface area contributed by atoms with Gasteiger partial charge in [-0.25, -0.2) is 9.97 Å². The minimum atomic E-state index is -0.246. The van der Waals surface area contributed by atoms with E-state index in [9.17, 15) is 9.59 Å². The van der Waals surface area contributed by atoms with Crippen molar-refractivity contribution in [1.29, 1.82) is 0 Å². The van der Waals surface area contributed by atoms with Crippen molar-refractivity contribution in [3.63, 3.8) is 0 Å². The van der Waals surface area contributed by atoms with Crippen molar-refractivity contribution >= 4 is 55.4 Å². The number of piperidine rings is 1. The number of amides is 2. The van der Waals surface area contributed by atoms with Gasteiger partial charge in [-0.1, -0.05) is 30.0 Å². The number of hydrogen-bond acceptors (Lipinski definition) is 8. The predicted molar refractivity (Wildman–Crippen MR) is 151 cm³/mol. The second-order valence-corrected chi connectivity index (χ2v) is 10.2. The largest absolute Gasteiger partial charge is 0.456 e. The van der Waals surface area contributed by atoms with Crippen molar-refractivity contribution in [3.05, 3.63) is 79.0 Å². The molecule has 39 heavy (non-hydrogen) atoms. The Labute approximate surface area is 227 Å². The summed E-state index contributed by atoms with van der Waals surface area (Å²) < 4.78 is 7.20. The van der Waals surface area contributed by atoms with E-state index in [-0.39, 0.29) is 17.9 Å². The molecule has 1 atom stereocenters. The zero-order valence-corrected chi connectivity index (χ0v) is 21.7. The van der Waals surface area contributed by atoms with Crippen molar-refractivity contribution in [2.45, 2.75) is 18.9 Å². The fourth-order valence-electron chi connectivity index (χ4n) is 4.63. The summed E-state index contributed by atoms with van der Waals surface area (Å²) in [7, 11) is 0. The lowest BCUT2D eigenvalue weighted by atomic mass is 10.1. The number of fused-ring (bicyclic) bond motifs is 2. The number of anilines is 2. The number of nitrogens with zero attached hydrogens (tertiary/aromatic N) is 4. The molecule has 1 saturated heterocycles. The number of pyridine rings is 1. The molecule has 0 spiro atoms. The predicted octanol–water partition coefficient (Wildman–Crippen LogP) is 5.20. The van der Waals surface area contributed by atoms with E-state index in [0.29, 0.717) is 45.6 Å². The molecule has 0 aliphatic carbocycles. The number of H-pyrrole nitrogens is 1. The molecule has 2 aromatic carbocycles. The van der Waals surface area contributed by atoms with Crippen LogP contribution in [0.3, 0.4) is 0 Å². The summed E-state index contributed by atoms with van der Waals surface area (Å²) in [5.41, 5.74) is 1.92. The van der Waals surface area contributed by atoms with Gasteiger partial charge in [0.25, 0.3) is 5.91 Å². The molecule has 3 N–H and O–H groups in total. The number of carbonyl (C=O) groups is 2. The molecule has 3 aromatic heterocycles. The molecule has 11 heteroatoms. The van der Waals surface area contributed by atoms with E-state index in [1.807, 2.05) is 24.3 Å². The number of ether oxygens (including phenoxy) is 1. The topological polar surface area (TPSA) is 125 Å². The zero-order chi connectivity index (χ0) is 26.8. The Kier molecular flexibility index (Phi) is 6.64. The van der Waals surface area contributed by atoms with E-state index in [4.69, 9.17) is 4.74 Å². The van der Waals surface area contributed by atoms with Gasteiger partial charge < -0.3 is 15.0 Å². The molecule has 5 aromatic rings. The van der Waals surface area contributed by atoms with Gasteiger partial charge in [0.05, 0.1) is 10.2 Å². The first-order valence-corrected chi connectivity index (χ1v) is 13.3. The molecular formula is C28H25N7O3S. The van der Waals surface area contributed by atoms with E-state index < -0.39 is 0 Å². The quantitative estimate of drug-likeness (QED) is 0.243. The minimum Gasteiger partial charge on any atom is -0.456 e. The van der Waals surface area contributed by atoms with E-state index in [2.05, 4.69) is 37.4 Å². The third-order valence-electron chi connectivity index (χ3n) is 6.53. The monoisotopic (exact) mass is 539 g/mol. The molecule has 4 heterocycles. The molecule has 6 rings (SSSR count). The van der Waals surface area contributed by atoms with Crippen LogP contribution < -0.4 is 15.4 Å². The Morgan fingerprint density at radius 1 is 1.15 bits per heavy atom. The third-order valence-corrected chi connectivity index (χ3v) is 7.48. The van der Waals surface area contributed by atoms with Gasteiger partial charge in [-0.2, -0.15) is 5.10 Å². The summed E-state index contributed by atoms with van der Waals surface area (Å²) in [5, 5.41) is 14.9. The Balaban J connectivity index is 1.16. The summed E-state index contributed by atoms with van der Waals surface area (Å²) in [6, 6.07) is 16.5. The van der Waals surface area contributed by atoms with Gasteiger partial charge in [-0.3, -0.25) is 20.0 Å². The third kappa shape index (κ3) is 5.16. The Hall–Kier alpha value is -4.77. The SMILES string of the molecule is C=CC(=O)N1CCC[C@@H](Nc2n[nH]c3nccc(Oc4ccc(C(=O)Nc5nc6ccccc6s5)cc4)c23)C1. The lowest BCUT2D eigenvalue weighted by molar-refractivity contribution is -0.127. The van der Waals surface area contributed by atoms with Gasteiger partial charge in [-0.05, 0) is 55.3 Å². The first-order valence-electron chi connectivity index (χ1n) is 12.5. The number of nitrogens with one attached hydrogen (secondary N) is 3. The summed E-state index contributed by atoms with van der Waals surface area (Å²) in [6.07, 6.45) is 4.79. The summed E-state index contributed by atoms with van der Waals surface area (Å²) >= 11 is 1.43. The van der Waals surface area contributed by atoms with Crippen LogP contribution in [0.25, 0.3) is 21.3 Å². The molecule has 1 fully saturated rings. The molecule has 10 nitrogen and oxygen atoms in total. The Bertz CT molecular complexity index is 1640. The Morgan fingerprint density at radius 2 is 2.00 bits per heavy atom. The number of aromatic nitrogens is 4. The van der Waals surface area contributed by atoms with Gasteiger partial charge in [0, 0.05) is 37.0 Å². The van der Waals surface area contributed by atoms with Crippen LogP contribution in [0.2, 0.25) is 0 Å². The smallest absolute Gasteiger partial charge is 0.257 e. The van der Waals surface area contributed by atoms with Crippen LogP contribution in [0, 0.1) is 0 Å². The number of likely N-dealkylation sites (tertiary alicyclic amines) is 1. The fourth-order valence-corrected chi connectivity index (χ4v) is 5.49. The molecule has 0 saturated carbocycles.